The Bertz CT molecular complexity index is 517. The van der Waals surface area contributed by atoms with Gasteiger partial charge in [-0.25, -0.2) is 0 Å². The van der Waals surface area contributed by atoms with E-state index in [1.54, 1.807) is 11.3 Å². The largest absolute Gasteiger partial charge is 0.344 e. The summed E-state index contributed by atoms with van der Waals surface area (Å²) in [5.74, 6) is 0.438. The first kappa shape index (κ1) is 11.5. The third-order valence-corrected chi connectivity index (χ3v) is 4.13. The van der Waals surface area contributed by atoms with Gasteiger partial charge in [0.05, 0.1) is 6.04 Å². The number of amides is 1. The topological polar surface area (TPSA) is 29.1 Å². The molecule has 0 bridgehead atoms. The fraction of sp³-hybridized carbons (Fsp3) is 0.267. The zero-order chi connectivity index (χ0) is 12.4. The monoisotopic (exact) mass is 257 g/mol. The Morgan fingerprint density at radius 1 is 1.17 bits per heavy atom. The van der Waals surface area contributed by atoms with Crippen LogP contribution in [0.5, 0.6) is 0 Å². The van der Waals surface area contributed by atoms with Gasteiger partial charge in [0.1, 0.15) is 0 Å². The molecule has 0 radical (unpaired) electrons. The molecule has 1 aromatic heterocycles. The molecule has 1 saturated carbocycles. The number of hydrogen-bond donors (Lipinski definition) is 1. The second kappa shape index (κ2) is 4.94. The molecule has 1 amide bonds. The van der Waals surface area contributed by atoms with Crippen LogP contribution in [0.1, 0.15) is 29.3 Å². The van der Waals surface area contributed by atoms with Crippen molar-refractivity contribution < 1.29 is 4.79 Å². The van der Waals surface area contributed by atoms with Gasteiger partial charge in [-0.2, -0.15) is 0 Å². The maximum atomic E-state index is 12.0. The summed E-state index contributed by atoms with van der Waals surface area (Å²) in [4.78, 5) is 13.2. The van der Waals surface area contributed by atoms with Gasteiger partial charge in [-0.05, 0) is 29.9 Å². The van der Waals surface area contributed by atoms with E-state index in [4.69, 9.17) is 0 Å². The van der Waals surface area contributed by atoms with Gasteiger partial charge in [-0.1, -0.05) is 36.4 Å². The van der Waals surface area contributed by atoms with Crippen LogP contribution in [0.4, 0.5) is 0 Å². The van der Waals surface area contributed by atoms with Crippen molar-refractivity contribution in [2.24, 2.45) is 5.92 Å². The zero-order valence-electron chi connectivity index (χ0n) is 10.0. The van der Waals surface area contributed by atoms with Crippen molar-refractivity contribution >= 4 is 17.2 Å². The van der Waals surface area contributed by atoms with Crippen molar-refractivity contribution in [3.63, 3.8) is 0 Å². The average molecular weight is 257 g/mol. The molecule has 0 aliphatic heterocycles. The van der Waals surface area contributed by atoms with Crippen LogP contribution in [0.25, 0.3) is 0 Å². The summed E-state index contributed by atoms with van der Waals surface area (Å²) < 4.78 is 0. The minimum absolute atomic E-state index is 0.000648. The smallest absolute Gasteiger partial charge is 0.223 e. The number of carbonyl (C=O) groups excluding carboxylic acids is 1. The van der Waals surface area contributed by atoms with Gasteiger partial charge in [0.15, 0.2) is 0 Å². The first-order valence-corrected chi connectivity index (χ1v) is 7.11. The van der Waals surface area contributed by atoms with E-state index in [0.717, 1.165) is 18.4 Å². The van der Waals surface area contributed by atoms with E-state index >= 15 is 0 Å². The highest BCUT2D eigenvalue weighted by molar-refractivity contribution is 7.10. The number of rotatable bonds is 4. The summed E-state index contributed by atoms with van der Waals surface area (Å²) in [6.45, 7) is 0. The molecule has 18 heavy (non-hydrogen) atoms. The van der Waals surface area contributed by atoms with Crippen LogP contribution < -0.4 is 5.32 Å². The molecule has 1 aliphatic rings. The Hall–Kier alpha value is -1.61. The van der Waals surface area contributed by atoms with Crippen LogP contribution in [0.15, 0.2) is 47.8 Å². The molecule has 1 aliphatic carbocycles. The molecule has 2 nitrogen and oxygen atoms in total. The molecule has 3 rings (SSSR count). The Morgan fingerprint density at radius 3 is 2.56 bits per heavy atom. The number of nitrogens with one attached hydrogen (secondary N) is 1. The predicted octanol–water partition coefficient (Wildman–Crippen LogP) is 3.36. The Labute approximate surface area is 111 Å². The Balaban J connectivity index is 1.86. The van der Waals surface area contributed by atoms with Crippen LogP contribution >= 0.6 is 11.3 Å². The number of hydrogen-bond acceptors (Lipinski definition) is 2. The van der Waals surface area contributed by atoms with E-state index in [2.05, 4.69) is 28.9 Å². The van der Waals surface area contributed by atoms with Crippen LogP contribution in [-0.4, -0.2) is 5.91 Å². The summed E-state index contributed by atoms with van der Waals surface area (Å²) in [7, 11) is 0. The normalized spacial score (nSPS) is 16.2. The standard InChI is InChI=1S/C15H15NOS/c17-15(12-8-9-12)16-14(13-7-4-10-18-13)11-5-2-1-3-6-11/h1-7,10,12,14H,8-9H2,(H,16,17). The maximum Gasteiger partial charge on any atom is 0.223 e. The minimum Gasteiger partial charge on any atom is -0.344 e. The van der Waals surface area contributed by atoms with E-state index < -0.39 is 0 Å². The van der Waals surface area contributed by atoms with E-state index in [1.165, 1.54) is 4.88 Å². The third-order valence-electron chi connectivity index (χ3n) is 3.20. The summed E-state index contributed by atoms with van der Waals surface area (Å²) >= 11 is 1.69. The van der Waals surface area contributed by atoms with Crippen molar-refractivity contribution in [3.05, 3.63) is 58.3 Å². The highest BCUT2D eigenvalue weighted by Crippen LogP contribution is 2.32. The molecule has 1 atom stereocenters. The Morgan fingerprint density at radius 2 is 1.94 bits per heavy atom. The lowest BCUT2D eigenvalue weighted by Gasteiger charge is -2.18. The predicted molar refractivity (Wildman–Crippen MR) is 73.5 cm³/mol. The number of carbonyl (C=O) groups is 1. The molecule has 1 aromatic carbocycles. The highest BCUT2D eigenvalue weighted by Gasteiger charge is 2.31. The molecular formula is C15H15NOS. The maximum absolute atomic E-state index is 12.0. The van der Waals surface area contributed by atoms with Gasteiger partial charge < -0.3 is 5.32 Å². The molecule has 1 fully saturated rings. The van der Waals surface area contributed by atoms with E-state index in [-0.39, 0.29) is 17.9 Å². The number of thiophene rings is 1. The molecule has 3 heteroatoms. The van der Waals surface area contributed by atoms with Crippen molar-refractivity contribution in [1.82, 2.24) is 5.32 Å². The molecular weight excluding hydrogens is 242 g/mol. The molecule has 1 unspecified atom stereocenters. The Kier molecular flexibility index (Phi) is 3.15. The minimum atomic E-state index is -0.000648. The van der Waals surface area contributed by atoms with Crippen molar-refractivity contribution in [2.45, 2.75) is 18.9 Å². The molecule has 0 spiro atoms. The molecule has 1 N–H and O–H groups in total. The quantitative estimate of drug-likeness (QED) is 0.894. The number of benzene rings is 1. The molecule has 2 aromatic rings. The van der Waals surface area contributed by atoms with Gasteiger partial charge in [-0.15, -0.1) is 11.3 Å². The fourth-order valence-corrected chi connectivity index (χ4v) is 2.83. The summed E-state index contributed by atoms with van der Waals surface area (Å²) in [6.07, 6.45) is 2.08. The second-order valence-electron chi connectivity index (χ2n) is 4.64. The van der Waals surface area contributed by atoms with Crippen molar-refractivity contribution in [2.75, 3.05) is 0 Å². The fourth-order valence-electron chi connectivity index (χ4n) is 2.03. The lowest BCUT2D eigenvalue weighted by atomic mass is 10.1. The lowest BCUT2D eigenvalue weighted by molar-refractivity contribution is -0.122. The molecule has 1 heterocycles. The summed E-state index contributed by atoms with van der Waals surface area (Å²) in [6, 6.07) is 14.3. The second-order valence-corrected chi connectivity index (χ2v) is 5.62. The first-order chi connectivity index (χ1) is 8.84. The highest BCUT2D eigenvalue weighted by atomic mass is 32.1. The third kappa shape index (κ3) is 2.46. The van der Waals surface area contributed by atoms with E-state index in [1.807, 2.05) is 24.3 Å². The van der Waals surface area contributed by atoms with Crippen molar-refractivity contribution in [3.8, 4) is 0 Å². The summed E-state index contributed by atoms with van der Waals surface area (Å²) in [5, 5.41) is 5.22. The SMILES string of the molecule is O=C(NC(c1ccccc1)c1cccs1)C1CC1. The van der Waals surface area contributed by atoms with E-state index in [0.29, 0.717) is 0 Å². The first-order valence-electron chi connectivity index (χ1n) is 6.23. The molecule has 92 valence electrons. The summed E-state index contributed by atoms with van der Waals surface area (Å²) in [5.41, 5.74) is 1.15. The average Bonchev–Trinajstić information content (AvgIpc) is 3.13. The lowest BCUT2D eigenvalue weighted by Crippen LogP contribution is -2.29. The van der Waals surface area contributed by atoms with Crippen LogP contribution in [0, 0.1) is 5.92 Å². The van der Waals surface area contributed by atoms with Gasteiger partial charge in [0, 0.05) is 10.8 Å². The van der Waals surface area contributed by atoms with Crippen LogP contribution in [-0.2, 0) is 4.79 Å². The zero-order valence-corrected chi connectivity index (χ0v) is 10.8. The molecule has 0 saturated heterocycles. The van der Waals surface area contributed by atoms with Crippen molar-refractivity contribution in [1.29, 1.82) is 0 Å². The van der Waals surface area contributed by atoms with Gasteiger partial charge in [0.2, 0.25) is 5.91 Å². The van der Waals surface area contributed by atoms with Gasteiger partial charge in [-0.3, -0.25) is 4.79 Å². The van der Waals surface area contributed by atoms with Crippen LogP contribution in [0.2, 0.25) is 0 Å². The van der Waals surface area contributed by atoms with Gasteiger partial charge >= 0.3 is 0 Å². The van der Waals surface area contributed by atoms with E-state index in [9.17, 15) is 4.79 Å². The van der Waals surface area contributed by atoms with Gasteiger partial charge in [0.25, 0.3) is 0 Å². The van der Waals surface area contributed by atoms with Crippen LogP contribution in [0.3, 0.4) is 0 Å².